The number of nitrogens with one attached hydrogen (secondary N) is 1. The second-order valence-corrected chi connectivity index (χ2v) is 5.52. The zero-order valence-electron chi connectivity index (χ0n) is 13.3. The summed E-state index contributed by atoms with van der Waals surface area (Å²) in [7, 11) is 6.07. The molecule has 1 aromatic heterocycles. The molecular formula is C16H25N5. The molecule has 0 aliphatic heterocycles. The van der Waals surface area contributed by atoms with E-state index in [0.717, 1.165) is 18.5 Å². The van der Waals surface area contributed by atoms with Gasteiger partial charge in [-0.3, -0.25) is 16.0 Å². The summed E-state index contributed by atoms with van der Waals surface area (Å²) in [5, 5.41) is 4.50. The van der Waals surface area contributed by atoms with Crippen molar-refractivity contribution in [3.05, 3.63) is 47.3 Å². The number of rotatable bonds is 6. The van der Waals surface area contributed by atoms with Crippen LogP contribution in [0.2, 0.25) is 0 Å². The second-order valence-electron chi connectivity index (χ2n) is 5.52. The van der Waals surface area contributed by atoms with Crippen LogP contribution in [0.25, 0.3) is 0 Å². The molecule has 0 spiro atoms. The van der Waals surface area contributed by atoms with Crippen LogP contribution in [0, 0.1) is 0 Å². The van der Waals surface area contributed by atoms with Gasteiger partial charge in [0.05, 0.1) is 11.7 Å². The fourth-order valence-corrected chi connectivity index (χ4v) is 2.44. The first kappa shape index (κ1) is 15.5. The van der Waals surface area contributed by atoms with E-state index < -0.39 is 0 Å². The summed E-state index contributed by atoms with van der Waals surface area (Å²) in [6, 6.07) is 10.7. The summed E-state index contributed by atoms with van der Waals surface area (Å²) in [6.45, 7) is 2.12. The quantitative estimate of drug-likeness (QED) is 0.628. The van der Waals surface area contributed by atoms with Gasteiger partial charge in [0.25, 0.3) is 0 Å². The zero-order chi connectivity index (χ0) is 15.4. The van der Waals surface area contributed by atoms with Gasteiger partial charge in [-0.25, -0.2) is 0 Å². The van der Waals surface area contributed by atoms with Crippen LogP contribution in [0.3, 0.4) is 0 Å². The Labute approximate surface area is 126 Å². The minimum absolute atomic E-state index is 0.0741. The highest BCUT2D eigenvalue weighted by molar-refractivity contribution is 5.48. The third-order valence-corrected chi connectivity index (χ3v) is 3.79. The summed E-state index contributed by atoms with van der Waals surface area (Å²) in [4.78, 5) is 2.09. The Morgan fingerprint density at radius 3 is 2.67 bits per heavy atom. The standard InChI is InChI=1S/C16H25N5/c1-5-13-10-15(21(4)19-13)11-16(18-17)12-7-6-8-14(9-12)20(2)3/h6-10,16,18H,5,11,17H2,1-4H3. The van der Waals surface area contributed by atoms with Crippen molar-refractivity contribution < 1.29 is 0 Å². The molecule has 0 aliphatic rings. The first-order valence-electron chi connectivity index (χ1n) is 7.30. The number of aryl methyl sites for hydroxylation is 2. The van der Waals surface area contributed by atoms with Crippen LogP contribution in [-0.4, -0.2) is 23.9 Å². The van der Waals surface area contributed by atoms with E-state index >= 15 is 0 Å². The molecule has 5 nitrogen and oxygen atoms in total. The minimum atomic E-state index is 0.0741. The molecule has 3 N–H and O–H groups in total. The SMILES string of the molecule is CCc1cc(CC(NN)c2cccc(N(C)C)c2)n(C)n1. The molecule has 21 heavy (non-hydrogen) atoms. The third kappa shape index (κ3) is 3.62. The highest BCUT2D eigenvalue weighted by atomic mass is 15.3. The first-order valence-corrected chi connectivity index (χ1v) is 7.30. The van der Waals surface area contributed by atoms with Gasteiger partial charge in [-0.15, -0.1) is 0 Å². The Hall–Kier alpha value is -1.85. The van der Waals surface area contributed by atoms with Crippen LogP contribution in [0.5, 0.6) is 0 Å². The summed E-state index contributed by atoms with van der Waals surface area (Å²) >= 11 is 0. The number of nitrogens with two attached hydrogens (primary N) is 1. The molecule has 0 saturated heterocycles. The number of benzene rings is 1. The lowest BCUT2D eigenvalue weighted by atomic mass is 10.0. The van der Waals surface area contributed by atoms with Crippen LogP contribution in [0.1, 0.15) is 29.9 Å². The van der Waals surface area contributed by atoms with Gasteiger partial charge in [-0.1, -0.05) is 19.1 Å². The summed E-state index contributed by atoms with van der Waals surface area (Å²) in [5.74, 6) is 5.77. The third-order valence-electron chi connectivity index (χ3n) is 3.79. The Bertz CT molecular complexity index is 588. The fraction of sp³-hybridized carbons (Fsp3) is 0.438. The maximum Gasteiger partial charge on any atom is 0.0624 e. The molecule has 1 aromatic carbocycles. The summed E-state index contributed by atoms with van der Waals surface area (Å²) < 4.78 is 1.94. The number of hydrogen-bond donors (Lipinski definition) is 2. The van der Waals surface area contributed by atoms with Gasteiger partial charge in [0.15, 0.2) is 0 Å². The largest absolute Gasteiger partial charge is 0.378 e. The molecule has 0 fully saturated rings. The van der Waals surface area contributed by atoms with Crippen LogP contribution >= 0.6 is 0 Å². The lowest BCUT2D eigenvalue weighted by Crippen LogP contribution is -2.30. The van der Waals surface area contributed by atoms with Gasteiger partial charge >= 0.3 is 0 Å². The van der Waals surface area contributed by atoms with Crippen molar-refractivity contribution in [2.24, 2.45) is 12.9 Å². The molecule has 0 amide bonds. The molecule has 1 atom stereocenters. The van der Waals surface area contributed by atoms with E-state index in [1.165, 1.54) is 16.9 Å². The molecule has 0 aliphatic carbocycles. The van der Waals surface area contributed by atoms with Crippen molar-refractivity contribution in [1.29, 1.82) is 0 Å². The zero-order valence-corrected chi connectivity index (χ0v) is 13.3. The molecule has 2 rings (SSSR count). The Balaban J connectivity index is 2.23. The van der Waals surface area contributed by atoms with E-state index in [1.54, 1.807) is 0 Å². The van der Waals surface area contributed by atoms with Gasteiger partial charge in [0.2, 0.25) is 0 Å². The topological polar surface area (TPSA) is 59.1 Å². The summed E-state index contributed by atoms with van der Waals surface area (Å²) in [5.41, 5.74) is 7.59. The summed E-state index contributed by atoms with van der Waals surface area (Å²) in [6.07, 6.45) is 1.77. The van der Waals surface area contributed by atoms with E-state index in [9.17, 15) is 0 Å². The van der Waals surface area contributed by atoms with Crippen molar-refractivity contribution in [3.63, 3.8) is 0 Å². The van der Waals surface area contributed by atoms with E-state index in [1.807, 2.05) is 25.8 Å². The van der Waals surface area contributed by atoms with Crippen LogP contribution in [-0.2, 0) is 19.9 Å². The van der Waals surface area contributed by atoms with Crippen molar-refractivity contribution in [3.8, 4) is 0 Å². The molecule has 0 bridgehead atoms. The second kappa shape index (κ2) is 6.74. The molecular weight excluding hydrogens is 262 g/mol. The highest BCUT2D eigenvalue weighted by Crippen LogP contribution is 2.22. The Kier molecular flexibility index (Phi) is 4.98. The van der Waals surface area contributed by atoms with Crippen molar-refractivity contribution in [2.75, 3.05) is 19.0 Å². The molecule has 114 valence electrons. The van der Waals surface area contributed by atoms with Crippen molar-refractivity contribution in [2.45, 2.75) is 25.8 Å². The normalized spacial score (nSPS) is 12.4. The van der Waals surface area contributed by atoms with Gasteiger partial charge in [-0.2, -0.15) is 5.10 Å². The lowest BCUT2D eigenvalue weighted by molar-refractivity contribution is 0.530. The molecule has 0 saturated carbocycles. The van der Waals surface area contributed by atoms with Gasteiger partial charge < -0.3 is 4.90 Å². The van der Waals surface area contributed by atoms with Gasteiger partial charge in [0.1, 0.15) is 0 Å². The van der Waals surface area contributed by atoms with E-state index in [2.05, 4.69) is 52.7 Å². The lowest BCUT2D eigenvalue weighted by Gasteiger charge is -2.19. The average molecular weight is 287 g/mol. The molecule has 1 unspecified atom stereocenters. The molecule has 0 radical (unpaired) electrons. The molecule has 1 heterocycles. The molecule has 5 heteroatoms. The predicted octanol–water partition coefficient (Wildman–Crippen LogP) is 1.80. The van der Waals surface area contributed by atoms with E-state index in [4.69, 9.17) is 5.84 Å². The Morgan fingerprint density at radius 1 is 1.33 bits per heavy atom. The molecule has 2 aromatic rings. The van der Waals surface area contributed by atoms with E-state index in [0.29, 0.717) is 0 Å². The van der Waals surface area contributed by atoms with Gasteiger partial charge in [0, 0.05) is 38.9 Å². The van der Waals surface area contributed by atoms with E-state index in [-0.39, 0.29) is 6.04 Å². The maximum absolute atomic E-state index is 5.77. The first-order chi connectivity index (χ1) is 10.0. The average Bonchev–Trinajstić information content (AvgIpc) is 2.85. The Morgan fingerprint density at radius 2 is 2.10 bits per heavy atom. The van der Waals surface area contributed by atoms with Crippen LogP contribution in [0.4, 0.5) is 5.69 Å². The maximum atomic E-state index is 5.77. The van der Waals surface area contributed by atoms with Crippen molar-refractivity contribution in [1.82, 2.24) is 15.2 Å². The number of aromatic nitrogens is 2. The van der Waals surface area contributed by atoms with Gasteiger partial charge in [-0.05, 0) is 30.2 Å². The predicted molar refractivity (Wildman–Crippen MR) is 87.1 cm³/mol. The number of nitrogens with zero attached hydrogens (tertiary/aromatic N) is 3. The smallest absolute Gasteiger partial charge is 0.0624 e. The van der Waals surface area contributed by atoms with Crippen molar-refractivity contribution >= 4 is 5.69 Å². The monoisotopic (exact) mass is 287 g/mol. The van der Waals surface area contributed by atoms with Crippen LogP contribution in [0.15, 0.2) is 30.3 Å². The fourth-order valence-electron chi connectivity index (χ4n) is 2.44. The number of hydrazine groups is 1. The number of hydrogen-bond acceptors (Lipinski definition) is 4. The highest BCUT2D eigenvalue weighted by Gasteiger charge is 2.14. The minimum Gasteiger partial charge on any atom is -0.378 e. The number of anilines is 1. The van der Waals surface area contributed by atoms with Crippen LogP contribution < -0.4 is 16.2 Å².